The maximum Gasteiger partial charge on any atom is 0.290 e. The number of aromatic nitrogens is 2. The largest absolute Gasteiger partial charge is 0.363 e. The molecule has 0 fully saturated rings. The molecule has 1 heterocycles. The molecular weight excluding hydrogens is 190 g/mol. The molecule has 84 valence electrons. The van der Waals surface area contributed by atoms with Gasteiger partial charge in [-0.2, -0.15) is 0 Å². The smallest absolute Gasteiger partial charge is 0.290 e. The lowest BCUT2D eigenvalue weighted by atomic mass is 10.1. The highest BCUT2D eigenvalue weighted by Crippen LogP contribution is 2.06. The fraction of sp³-hybridized carbons (Fsp3) is 0.636. The number of nitrogens with one attached hydrogen (secondary N) is 2. The predicted molar refractivity (Wildman–Crippen MR) is 62.1 cm³/mol. The van der Waals surface area contributed by atoms with E-state index in [0.717, 1.165) is 6.42 Å². The van der Waals surface area contributed by atoms with Crippen molar-refractivity contribution in [3.63, 3.8) is 0 Å². The summed E-state index contributed by atoms with van der Waals surface area (Å²) in [6.07, 6.45) is 7.85. The summed E-state index contributed by atoms with van der Waals surface area (Å²) in [5.41, 5.74) is -0.153. The number of hydrogen-bond donors (Lipinski definition) is 2. The zero-order valence-electron chi connectivity index (χ0n) is 9.42. The van der Waals surface area contributed by atoms with Crippen molar-refractivity contribution in [2.75, 3.05) is 5.32 Å². The van der Waals surface area contributed by atoms with Crippen molar-refractivity contribution >= 4 is 5.82 Å². The summed E-state index contributed by atoms with van der Waals surface area (Å²) in [5.74, 6) is 0.418. The first-order chi connectivity index (χ1) is 7.24. The first kappa shape index (κ1) is 11.8. The lowest BCUT2D eigenvalue weighted by molar-refractivity contribution is 0.613. The molecule has 0 aliphatic carbocycles. The number of unbranched alkanes of at least 4 members (excludes halogenated alkanes) is 2. The molecule has 1 aromatic rings. The van der Waals surface area contributed by atoms with Crippen molar-refractivity contribution in [3.8, 4) is 0 Å². The van der Waals surface area contributed by atoms with Gasteiger partial charge in [-0.15, -0.1) is 0 Å². The second-order valence-electron chi connectivity index (χ2n) is 3.81. The first-order valence-electron chi connectivity index (χ1n) is 5.54. The van der Waals surface area contributed by atoms with E-state index in [-0.39, 0.29) is 5.56 Å². The van der Waals surface area contributed by atoms with Crippen LogP contribution in [0.1, 0.15) is 39.5 Å². The number of anilines is 1. The van der Waals surface area contributed by atoms with Gasteiger partial charge in [0.25, 0.3) is 5.56 Å². The van der Waals surface area contributed by atoms with Crippen LogP contribution < -0.4 is 10.9 Å². The van der Waals surface area contributed by atoms with Crippen molar-refractivity contribution < 1.29 is 0 Å². The lowest BCUT2D eigenvalue weighted by Gasteiger charge is -2.12. The molecule has 4 nitrogen and oxygen atoms in total. The molecule has 2 N–H and O–H groups in total. The van der Waals surface area contributed by atoms with Gasteiger partial charge in [0.05, 0.1) is 0 Å². The molecule has 1 atom stereocenters. The molecule has 4 heteroatoms. The SMILES string of the molecule is CCCCCC(C)Nc1ncc[nH]c1=O. The molecule has 0 aliphatic rings. The molecule has 0 saturated heterocycles. The van der Waals surface area contributed by atoms with E-state index in [1.807, 2.05) is 0 Å². The second-order valence-corrected chi connectivity index (χ2v) is 3.81. The zero-order chi connectivity index (χ0) is 11.1. The lowest BCUT2D eigenvalue weighted by Crippen LogP contribution is -2.22. The summed E-state index contributed by atoms with van der Waals surface area (Å²) >= 11 is 0. The number of H-pyrrole nitrogens is 1. The Labute approximate surface area is 90.1 Å². The van der Waals surface area contributed by atoms with E-state index in [9.17, 15) is 4.79 Å². The normalized spacial score (nSPS) is 12.4. The zero-order valence-corrected chi connectivity index (χ0v) is 9.42. The predicted octanol–water partition coefficient (Wildman–Crippen LogP) is 2.15. The van der Waals surface area contributed by atoms with E-state index in [1.54, 1.807) is 6.20 Å². The highest BCUT2D eigenvalue weighted by Gasteiger charge is 2.04. The van der Waals surface area contributed by atoms with E-state index in [1.165, 1.54) is 25.5 Å². The number of aromatic amines is 1. The Morgan fingerprint density at radius 1 is 1.53 bits per heavy atom. The average Bonchev–Trinajstić information content (AvgIpc) is 2.22. The van der Waals surface area contributed by atoms with Crippen molar-refractivity contribution in [2.45, 2.75) is 45.6 Å². The van der Waals surface area contributed by atoms with E-state index >= 15 is 0 Å². The van der Waals surface area contributed by atoms with Gasteiger partial charge in [-0.05, 0) is 13.3 Å². The molecule has 1 rings (SSSR count). The Bertz CT molecular complexity index is 335. The van der Waals surface area contributed by atoms with Crippen molar-refractivity contribution in [2.24, 2.45) is 0 Å². The van der Waals surface area contributed by atoms with Crippen molar-refractivity contribution in [3.05, 3.63) is 22.7 Å². The van der Waals surface area contributed by atoms with E-state index in [4.69, 9.17) is 0 Å². The molecule has 1 unspecified atom stereocenters. The molecule has 1 aromatic heterocycles. The third-order valence-electron chi connectivity index (χ3n) is 2.33. The number of hydrogen-bond acceptors (Lipinski definition) is 3. The summed E-state index contributed by atoms with van der Waals surface area (Å²) in [4.78, 5) is 17.9. The molecule has 0 amide bonds. The van der Waals surface area contributed by atoms with Crippen LogP contribution in [-0.2, 0) is 0 Å². The van der Waals surface area contributed by atoms with Crippen LogP contribution in [0.2, 0.25) is 0 Å². The maximum absolute atomic E-state index is 11.3. The van der Waals surface area contributed by atoms with Gasteiger partial charge in [-0.25, -0.2) is 4.98 Å². The Kier molecular flexibility index (Phi) is 4.87. The van der Waals surface area contributed by atoms with E-state index in [2.05, 4.69) is 29.1 Å². The average molecular weight is 209 g/mol. The van der Waals surface area contributed by atoms with Gasteiger partial charge in [-0.3, -0.25) is 4.79 Å². The third-order valence-corrected chi connectivity index (χ3v) is 2.33. The standard InChI is InChI=1S/C11H19N3O/c1-3-4-5-6-9(2)14-10-11(15)13-8-7-12-10/h7-9H,3-6H2,1-2H3,(H,12,14)(H,13,15). The molecule has 0 radical (unpaired) electrons. The second kappa shape index (κ2) is 6.22. The van der Waals surface area contributed by atoms with Crippen LogP contribution in [0.3, 0.4) is 0 Å². The van der Waals surface area contributed by atoms with Crippen LogP contribution in [0, 0.1) is 0 Å². The van der Waals surface area contributed by atoms with Crippen molar-refractivity contribution in [1.29, 1.82) is 0 Å². The van der Waals surface area contributed by atoms with Crippen LogP contribution >= 0.6 is 0 Å². The van der Waals surface area contributed by atoms with Crippen LogP contribution in [-0.4, -0.2) is 16.0 Å². The number of rotatable bonds is 6. The molecule has 0 bridgehead atoms. The van der Waals surface area contributed by atoms with Gasteiger partial charge in [0, 0.05) is 18.4 Å². The minimum atomic E-state index is -0.153. The summed E-state index contributed by atoms with van der Waals surface area (Å²) in [7, 11) is 0. The Morgan fingerprint density at radius 2 is 2.33 bits per heavy atom. The van der Waals surface area contributed by atoms with Gasteiger partial charge in [0.2, 0.25) is 0 Å². The van der Waals surface area contributed by atoms with Crippen LogP contribution in [0.15, 0.2) is 17.2 Å². The van der Waals surface area contributed by atoms with E-state index in [0.29, 0.717) is 11.9 Å². The number of nitrogens with zero attached hydrogens (tertiary/aromatic N) is 1. The summed E-state index contributed by atoms with van der Waals surface area (Å²) in [6.45, 7) is 4.26. The summed E-state index contributed by atoms with van der Waals surface area (Å²) in [6, 6.07) is 0.299. The highest BCUT2D eigenvalue weighted by atomic mass is 16.1. The summed E-state index contributed by atoms with van der Waals surface area (Å²) < 4.78 is 0. The van der Waals surface area contributed by atoms with Gasteiger partial charge in [-0.1, -0.05) is 26.2 Å². The van der Waals surface area contributed by atoms with Gasteiger partial charge >= 0.3 is 0 Å². The molecular formula is C11H19N3O. The van der Waals surface area contributed by atoms with Gasteiger partial charge in [0.1, 0.15) is 0 Å². The molecule has 0 aliphatic heterocycles. The maximum atomic E-state index is 11.3. The topological polar surface area (TPSA) is 57.8 Å². The fourth-order valence-electron chi connectivity index (χ4n) is 1.46. The molecule has 0 aromatic carbocycles. The molecule has 0 saturated carbocycles. The van der Waals surface area contributed by atoms with Crippen LogP contribution in [0.25, 0.3) is 0 Å². The van der Waals surface area contributed by atoms with Crippen molar-refractivity contribution in [1.82, 2.24) is 9.97 Å². The minimum Gasteiger partial charge on any atom is -0.363 e. The Balaban J connectivity index is 2.41. The first-order valence-corrected chi connectivity index (χ1v) is 5.54. The Morgan fingerprint density at radius 3 is 3.00 bits per heavy atom. The van der Waals surface area contributed by atoms with E-state index < -0.39 is 0 Å². The van der Waals surface area contributed by atoms with Gasteiger partial charge in [0.15, 0.2) is 5.82 Å². The quantitative estimate of drug-likeness (QED) is 0.706. The summed E-state index contributed by atoms with van der Waals surface area (Å²) in [5, 5.41) is 3.11. The fourth-order valence-corrected chi connectivity index (χ4v) is 1.46. The van der Waals surface area contributed by atoms with Crippen LogP contribution in [0.4, 0.5) is 5.82 Å². The third kappa shape index (κ3) is 4.14. The molecule has 15 heavy (non-hydrogen) atoms. The minimum absolute atomic E-state index is 0.153. The highest BCUT2D eigenvalue weighted by molar-refractivity contribution is 5.31. The Hall–Kier alpha value is -1.32. The monoisotopic (exact) mass is 209 g/mol. The molecule has 0 spiro atoms. The van der Waals surface area contributed by atoms with Crippen LogP contribution in [0.5, 0.6) is 0 Å². The van der Waals surface area contributed by atoms with Gasteiger partial charge < -0.3 is 10.3 Å².